The topological polar surface area (TPSA) is 64.9 Å². The van der Waals surface area contributed by atoms with Crippen LogP contribution in [0.4, 0.5) is 5.88 Å². The van der Waals surface area contributed by atoms with E-state index < -0.39 is 0 Å². The summed E-state index contributed by atoms with van der Waals surface area (Å²) >= 11 is 9.48. The lowest BCUT2D eigenvalue weighted by Crippen LogP contribution is -1.90. The van der Waals surface area contributed by atoms with Crippen LogP contribution in [0.2, 0.25) is 5.02 Å². The lowest BCUT2D eigenvalue weighted by molar-refractivity contribution is 0.439. The highest BCUT2D eigenvalue weighted by Crippen LogP contribution is 2.36. The van der Waals surface area contributed by atoms with Crippen LogP contribution in [0.1, 0.15) is 0 Å². The average Bonchev–Trinajstić information content (AvgIpc) is 2.80. The fourth-order valence-electron chi connectivity index (χ4n) is 1.95. The standard InChI is InChI=1S/C14H9BrClN3O/c15-9-5-8(6-10(16)7-9)13-12(14(17)20-19-13)11-3-1-2-4-18-11/h1-7H,17H2. The number of benzene rings is 1. The monoisotopic (exact) mass is 349 g/mol. The van der Waals surface area contributed by atoms with E-state index in [2.05, 4.69) is 26.1 Å². The highest BCUT2D eigenvalue weighted by atomic mass is 79.9. The van der Waals surface area contributed by atoms with E-state index in [1.165, 1.54) is 0 Å². The van der Waals surface area contributed by atoms with Crippen molar-refractivity contribution in [2.45, 2.75) is 0 Å². The van der Waals surface area contributed by atoms with Crippen LogP contribution in [0.3, 0.4) is 0 Å². The van der Waals surface area contributed by atoms with E-state index in [-0.39, 0.29) is 5.88 Å². The Labute approximate surface area is 128 Å². The van der Waals surface area contributed by atoms with Crippen molar-refractivity contribution >= 4 is 33.4 Å². The highest BCUT2D eigenvalue weighted by molar-refractivity contribution is 9.10. The zero-order valence-electron chi connectivity index (χ0n) is 10.2. The molecule has 0 amide bonds. The van der Waals surface area contributed by atoms with Crippen LogP contribution in [0, 0.1) is 0 Å². The number of pyridine rings is 1. The number of hydrogen-bond donors (Lipinski definition) is 1. The largest absolute Gasteiger partial charge is 0.367 e. The molecule has 3 aromatic rings. The number of rotatable bonds is 2. The van der Waals surface area contributed by atoms with Crippen molar-refractivity contribution in [3.63, 3.8) is 0 Å². The molecule has 0 saturated heterocycles. The fraction of sp³-hybridized carbons (Fsp3) is 0. The fourth-order valence-corrected chi connectivity index (χ4v) is 2.81. The first-order valence-corrected chi connectivity index (χ1v) is 6.95. The van der Waals surface area contributed by atoms with Gasteiger partial charge in [0, 0.05) is 21.3 Å². The SMILES string of the molecule is Nc1onc(-c2cc(Cl)cc(Br)c2)c1-c1ccccn1. The third-order valence-corrected chi connectivity index (χ3v) is 3.45. The molecule has 0 unspecified atom stereocenters. The van der Waals surface area contributed by atoms with Crippen molar-refractivity contribution in [1.29, 1.82) is 0 Å². The number of nitrogens with zero attached hydrogens (tertiary/aromatic N) is 2. The lowest BCUT2D eigenvalue weighted by Gasteiger charge is -2.03. The van der Waals surface area contributed by atoms with Gasteiger partial charge in [-0.15, -0.1) is 0 Å². The molecule has 6 heteroatoms. The number of nitrogen functional groups attached to an aromatic ring is 1. The van der Waals surface area contributed by atoms with Gasteiger partial charge in [0.25, 0.3) is 0 Å². The normalized spacial score (nSPS) is 10.7. The first-order chi connectivity index (χ1) is 9.65. The Kier molecular flexibility index (Phi) is 3.46. The molecule has 0 bridgehead atoms. The zero-order valence-corrected chi connectivity index (χ0v) is 12.5. The Balaban J connectivity index is 2.21. The van der Waals surface area contributed by atoms with E-state index in [4.69, 9.17) is 21.9 Å². The maximum Gasteiger partial charge on any atom is 0.232 e. The third-order valence-electron chi connectivity index (χ3n) is 2.78. The summed E-state index contributed by atoms with van der Waals surface area (Å²) in [5.74, 6) is 0.231. The highest BCUT2D eigenvalue weighted by Gasteiger charge is 2.18. The van der Waals surface area contributed by atoms with Gasteiger partial charge >= 0.3 is 0 Å². The molecular weight excluding hydrogens is 342 g/mol. The predicted molar refractivity (Wildman–Crippen MR) is 82.3 cm³/mol. The second-order valence-electron chi connectivity index (χ2n) is 4.14. The summed E-state index contributed by atoms with van der Waals surface area (Å²) in [7, 11) is 0. The quantitative estimate of drug-likeness (QED) is 0.744. The molecule has 2 heterocycles. The molecule has 0 aliphatic rings. The van der Waals surface area contributed by atoms with Crippen molar-refractivity contribution in [3.8, 4) is 22.5 Å². The Bertz CT molecular complexity index is 738. The van der Waals surface area contributed by atoms with E-state index in [0.29, 0.717) is 22.0 Å². The van der Waals surface area contributed by atoms with Gasteiger partial charge in [0.1, 0.15) is 5.69 Å². The predicted octanol–water partition coefficient (Wildman–Crippen LogP) is 4.40. The summed E-state index contributed by atoms with van der Waals surface area (Å²) in [6.07, 6.45) is 1.69. The van der Waals surface area contributed by atoms with E-state index in [1.54, 1.807) is 18.3 Å². The van der Waals surface area contributed by atoms with E-state index >= 15 is 0 Å². The van der Waals surface area contributed by atoms with Gasteiger partial charge in [-0.2, -0.15) is 0 Å². The Morgan fingerprint density at radius 1 is 1.20 bits per heavy atom. The molecule has 0 atom stereocenters. The molecule has 3 rings (SSSR count). The molecule has 100 valence electrons. The number of nitrogens with two attached hydrogens (primary N) is 1. The first-order valence-electron chi connectivity index (χ1n) is 5.78. The summed E-state index contributed by atoms with van der Waals surface area (Å²) in [4.78, 5) is 4.29. The molecule has 2 N–H and O–H groups in total. The Morgan fingerprint density at radius 2 is 2.05 bits per heavy atom. The van der Waals surface area contributed by atoms with Crippen molar-refractivity contribution in [2.24, 2.45) is 0 Å². The van der Waals surface area contributed by atoms with Crippen LogP contribution in [-0.2, 0) is 0 Å². The Hall–Kier alpha value is -1.85. The van der Waals surface area contributed by atoms with E-state index in [0.717, 1.165) is 10.0 Å². The second kappa shape index (κ2) is 5.26. The minimum absolute atomic E-state index is 0.231. The molecule has 1 aromatic carbocycles. The summed E-state index contributed by atoms with van der Waals surface area (Å²) in [5, 5.41) is 4.63. The van der Waals surface area contributed by atoms with Gasteiger partial charge < -0.3 is 10.3 Å². The summed E-state index contributed by atoms with van der Waals surface area (Å²) in [5.41, 5.74) is 8.67. The lowest BCUT2D eigenvalue weighted by atomic mass is 10.0. The number of anilines is 1. The van der Waals surface area contributed by atoms with Gasteiger partial charge in [0.05, 0.1) is 11.3 Å². The van der Waals surface area contributed by atoms with Crippen LogP contribution in [0.15, 0.2) is 51.6 Å². The summed E-state index contributed by atoms with van der Waals surface area (Å²) in [6, 6.07) is 11.1. The minimum atomic E-state index is 0.231. The molecule has 20 heavy (non-hydrogen) atoms. The maximum absolute atomic E-state index is 6.07. The molecular formula is C14H9BrClN3O. The van der Waals surface area contributed by atoms with Crippen LogP contribution in [0.5, 0.6) is 0 Å². The Morgan fingerprint density at radius 3 is 2.75 bits per heavy atom. The van der Waals surface area contributed by atoms with Crippen molar-refractivity contribution in [2.75, 3.05) is 5.73 Å². The molecule has 0 aliphatic heterocycles. The van der Waals surface area contributed by atoms with Crippen molar-refractivity contribution < 1.29 is 4.52 Å². The van der Waals surface area contributed by atoms with Gasteiger partial charge in [-0.05, 0) is 30.3 Å². The molecule has 2 aromatic heterocycles. The average molecular weight is 351 g/mol. The summed E-state index contributed by atoms with van der Waals surface area (Å²) in [6.45, 7) is 0. The van der Waals surface area contributed by atoms with Gasteiger partial charge in [0.15, 0.2) is 0 Å². The zero-order chi connectivity index (χ0) is 14.1. The number of aromatic nitrogens is 2. The first kappa shape index (κ1) is 13.1. The molecule has 0 saturated carbocycles. The van der Waals surface area contributed by atoms with Crippen LogP contribution < -0.4 is 5.73 Å². The van der Waals surface area contributed by atoms with Crippen LogP contribution in [-0.4, -0.2) is 10.1 Å². The number of halogens is 2. The van der Waals surface area contributed by atoms with E-state index in [1.807, 2.05) is 24.3 Å². The van der Waals surface area contributed by atoms with Crippen LogP contribution in [0.25, 0.3) is 22.5 Å². The number of hydrogen-bond acceptors (Lipinski definition) is 4. The second-order valence-corrected chi connectivity index (χ2v) is 5.50. The van der Waals surface area contributed by atoms with Crippen molar-refractivity contribution in [1.82, 2.24) is 10.1 Å². The van der Waals surface area contributed by atoms with Gasteiger partial charge in [-0.1, -0.05) is 38.8 Å². The molecule has 0 aliphatic carbocycles. The summed E-state index contributed by atoms with van der Waals surface area (Å²) < 4.78 is 5.97. The third kappa shape index (κ3) is 2.42. The van der Waals surface area contributed by atoms with Gasteiger partial charge in [-0.3, -0.25) is 4.98 Å². The van der Waals surface area contributed by atoms with Gasteiger partial charge in [-0.25, -0.2) is 0 Å². The van der Waals surface area contributed by atoms with Crippen LogP contribution >= 0.6 is 27.5 Å². The van der Waals surface area contributed by atoms with Crippen molar-refractivity contribution in [3.05, 3.63) is 52.1 Å². The van der Waals surface area contributed by atoms with Gasteiger partial charge in [0.2, 0.25) is 5.88 Å². The molecule has 0 fully saturated rings. The minimum Gasteiger partial charge on any atom is -0.367 e. The molecule has 0 radical (unpaired) electrons. The molecule has 0 spiro atoms. The molecule has 4 nitrogen and oxygen atoms in total. The van der Waals surface area contributed by atoms with E-state index in [9.17, 15) is 0 Å². The smallest absolute Gasteiger partial charge is 0.232 e. The maximum atomic E-state index is 6.07.